The van der Waals surface area contributed by atoms with Gasteiger partial charge in [0.05, 0.1) is 5.41 Å². The second kappa shape index (κ2) is 8.75. The summed E-state index contributed by atoms with van der Waals surface area (Å²) in [6.45, 7) is 0.523. The molecule has 5 aliphatic rings. The number of hydrogen-bond donors (Lipinski definition) is 0. The number of benzene rings is 3. The quantitative estimate of drug-likeness (QED) is 0.370. The van der Waals surface area contributed by atoms with Gasteiger partial charge >= 0.3 is 0 Å². The van der Waals surface area contributed by atoms with Gasteiger partial charge in [-0.25, -0.2) is 4.39 Å². The van der Waals surface area contributed by atoms with E-state index in [4.69, 9.17) is 0 Å². The molecule has 3 amide bonds. The maximum atomic E-state index is 14.3. The molecule has 38 heavy (non-hydrogen) atoms. The van der Waals surface area contributed by atoms with Crippen molar-refractivity contribution in [2.24, 2.45) is 23.2 Å². The van der Waals surface area contributed by atoms with Gasteiger partial charge in [0.25, 0.3) is 11.8 Å². The van der Waals surface area contributed by atoms with Gasteiger partial charge in [-0.1, -0.05) is 30.3 Å². The van der Waals surface area contributed by atoms with E-state index >= 15 is 0 Å². The molecule has 0 radical (unpaired) electrons. The summed E-state index contributed by atoms with van der Waals surface area (Å²) < 4.78 is 14.3. The van der Waals surface area contributed by atoms with Crippen molar-refractivity contribution in [3.63, 3.8) is 0 Å². The third-order valence-corrected chi connectivity index (χ3v) is 9.48. The lowest BCUT2D eigenvalue weighted by atomic mass is 9.49. The summed E-state index contributed by atoms with van der Waals surface area (Å²) >= 11 is 0. The molecule has 5 nitrogen and oxygen atoms in total. The number of imide groups is 1. The zero-order valence-electron chi connectivity index (χ0n) is 21.4. The molecule has 4 fully saturated rings. The third kappa shape index (κ3) is 3.68. The first-order valence-electron chi connectivity index (χ1n) is 13.9. The van der Waals surface area contributed by atoms with E-state index in [-0.39, 0.29) is 35.5 Å². The molecule has 0 saturated heterocycles. The van der Waals surface area contributed by atoms with Crippen molar-refractivity contribution in [2.45, 2.75) is 44.9 Å². The number of amides is 3. The van der Waals surface area contributed by atoms with Crippen molar-refractivity contribution >= 4 is 34.2 Å². The van der Waals surface area contributed by atoms with Crippen molar-refractivity contribution in [3.05, 3.63) is 77.6 Å². The Balaban J connectivity index is 1.14. The van der Waals surface area contributed by atoms with Gasteiger partial charge in [0, 0.05) is 35.3 Å². The van der Waals surface area contributed by atoms with Gasteiger partial charge in [-0.05, 0) is 98.4 Å². The van der Waals surface area contributed by atoms with E-state index in [1.54, 1.807) is 29.2 Å². The highest BCUT2D eigenvalue weighted by molar-refractivity contribution is 6.25. The molecule has 0 aromatic heterocycles. The lowest BCUT2D eigenvalue weighted by Gasteiger charge is -2.56. The normalized spacial score (nSPS) is 27.3. The molecule has 0 atom stereocenters. The van der Waals surface area contributed by atoms with Gasteiger partial charge in [0.2, 0.25) is 5.91 Å². The van der Waals surface area contributed by atoms with E-state index in [9.17, 15) is 18.8 Å². The van der Waals surface area contributed by atoms with Gasteiger partial charge in [-0.2, -0.15) is 0 Å². The van der Waals surface area contributed by atoms with Crippen LogP contribution in [0.3, 0.4) is 0 Å². The Morgan fingerprint density at radius 3 is 2.03 bits per heavy atom. The van der Waals surface area contributed by atoms with E-state index in [0.717, 1.165) is 24.6 Å². The van der Waals surface area contributed by atoms with E-state index < -0.39 is 0 Å². The standard InChI is InChI=1S/C32H31FN2O3/c33-24-7-3-8-25(16-24)34(31(38)32-17-20-13-21(18-32)15-22(14-20)19-32)11-4-12-35-29(36)26-9-1-5-23-6-2-10-27(28(23)26)30(35)37/h1-3,5-10,16,20-22H,4,11-15,17-19H2. The summed E-state index contributed by atoms with van der Waals surface area (Å²) in [6, 6.07) is 17.3. The summed E-state index contributed by atoms with van der Waals surface area (Å²) in [4.78, 5) is 44.0. The fraction of sp³-hybridized carbons (Fsp3) is 0.406. The van der Waals surface area contributed by atoms with Crippen molar-refractivity contribution in [1.82, 2.24) is 4.90 Å². The molecule has 0 unspecified atom stereocenters. The van der Waals surface area contributed by atoms with Gasteiger partial charge in [0.15, 0.2) is 0 Å². The molecule has 1 aliphatic heterocycles. The Bertz CT molecular complexity index is 1390. The molecule has 194 valence electrons. The lowest BCUT2D eigenvalue weighted by molar-refractivity contribution is -0.143. The zero-order chi connectivity index (χ0) is 26.0. The largest absolute Gasteiger partial charge is 0.312 e. The first-order chi connectivity index (χ1) is 18.4. The molecule has 4 saturated carbocycles. The summed E-state index contributed by atoms with van der Waals surface area (Å²) in [5, 5.41) is 1.58. The SMILES string of the molecule is O=C1c2cccc3cccc(c23)C(=O)N1CCCN(C(=O)C12CC3CC(CC(C3)C1)C2)c1cccc(F)c1. The molecule has 0 N–H and O–H groups in total. The molecular weight excluding hydrogens is 479 g/mol. The summed E-state index contributed by atoms with van der Waals surface area (Å²) in [6.07, 6.45) is 6.90. The Labute approximate surface area is 221 Å². The smallest absolute Gasteiger partial charge is 0.261 e. The van der Waals surface area contributed by atoms with E-state index in [1.165, 1.54) is 36.3 Å². The third-order valence-electron chi connectivity index (χ3n) is 9.48. The predicted molar refractivity (Wildman–Crippen MR) is 143 cm³/mol. The van der Waals surface area contributed by atoms with Crippen LogP contribution in [0.5, 0.6) is 0 Å². The maximum Gasteiger partial charge on any atom is 0.261 e. The molecule has 4 aliphatic carbocycles. The minimum Gasteiger partial charge on any atom is -0.312 e. The Hall–Kier alpha value is -3.54. The van der Waals surface area contributed by atoms with Gasteiger partial charge in [0.1, 0.15) is 5.82 Å². The average Bonchev–Trinajstić information content (AvgIpc) is 2.90. The van der Waals surface area contributed by atoms with Crippen LogP contribution in [-0.4, -0.2) is 35.7 Å². The lowest BCUT2D eigenvalue weighted by Crippen LogP contribution is -2.55. The monoisotopic (exact) mass is 510 g/mol. The number of anilines is 1. The molecule has 3 aromatic rings. The van der Waals surface area contributed by atoms with Crippen molar-refractivity contribution < 1.29 is 18.8 Å². The highest BCUT2D eigenvalue weighted by Crippen LogP contribution is 2.60. The second-order valence-corrected chi connectivity index (χ2v) is 12.0. The number of rotatable bonds is 6. The number of halogens is 1. The molecule has 4 bridgehead atoms. The highest BCUT2D eigenvalue weighted by Gasteiger charge is 2.55. The molecule has 6 heteroatoms. The van der Waals surface area contributed by atoms with Crippen LogP contribution in [0, 0.1) is 29.0 Å². The number of hydrogen-bond acceptors (Lipinski definition) is 3. The van der Waals surface area contributed by atoms with Crippen molar-refractivity contribution in [3.8, 4) is 0 Å². The van der Waals surface area contributed by atoms with Crippen LogP contribution in [0.15, 0.2) is 60.7 Å². The summed E-state index contributed by atoms with van der Waals surface area (Å²) in [5.74, 6) is 0.960. The molecule has 8 rings (SSSR count). The zero-order valence-corrected chi connectivity index (χ0v) is 21.4. The molecular formula is C32H31FN2O3. The molecule has 0 spiro atoms. The van der Waals surface area contributed by atoms with Crippen LogP contribution < -0.4 is 4.90 Å². The van der Waals surface area contributed by atoms with Gasteiger partial charge < -0.3 is 4.90 Å². The summed E-state index contributed by atoms with van der Waals surface area (Å²) in [5.41, 5.74) is 1.25. The van der Waals surface area contributed by atoms with E-state index in [0.29, 0.717) is 52.9 Å². The fourth-order valence-corrected chi connectivity index (χ4v) is 8.32. The first-order valence-corrected chi connectivity index (χ1v) is 13.9. The van der Waals surface area contributed by atoms with Crippen LogP contribution in [0.2, 0.25) is 0 Å². The maximum absolute atomic E-state index is 14.3. The van der Waals surface area contributed by atoms with E-state index in [2.05, 4.69) is 0 Å². The first kappa shape index (κ1) is 23.6. The number of carbonyl (C=O) groups is 3. The van der Waals surface area contributed by atoms with Crippen molar-refractivity contribution in [1.29, 1.82) is 0 Å². The highest BCUT2D eigenvalue weighted by atomic mass is 19.1. The van der Waals surface area contributed by atoms with Gasteiger partial charge in [-0.3, -0.25) is 19.3 Å². The Kier molecular flexibility index (Phi) is 5.43. The van der Waals surface area contributed by atoms with Crippen molar-refractivity contribution in [2.75, 3.05) is 18.0 Å². The van der Waals surface area contributed by atoms with E-state index in [1.807, 2.05) is 24.3 Å². The fourth-order valence-electron chi connectivity index (χ4n) is 8.32. The molecule has 3 aromatic carbocycles. The Morgan fingerprint density at radius 1 is 0.868 bits per heavy atom. The van der Waals surface area contributed by atoms with Gasteiger partial charge in [-0.15, -0.1) is 0 Å². The second-order valence-electron chi connectivity index (χ2n) is 12.0. The van der Waals surface area contributed by atoms with Crippen LogP contribution in [-0.2, 0) is 4.79 Å². The van der Waals surface area contributed by atoms with Crippen LogP contribution in [0.1, 0.15) is 65.7 Å². The average molecular weight is 511 g/mol. The van der Waals surface area contributed by atoms with Crippen LogP contribution >= 0.6 is 0 Å². The number of carbonyl (C=O) groups excluding carboxylic acids is 3. The van der Waals surface area contributed by atoms with Crippen LogP contribution in [0.25, 0.3) is 10.8 Å². The number of nitrogens with zero attached hydrogens (tertiary/aromatic N) is 2. The minimum atomic E-state index is -0.378. The predicted octanol–water partition coefficient (Wildman–Crippen LogP) is 6.21. The minimum absolute atomic E-state index is 0.0913. The Morgan fingerprint density at radius 2 is 1.45 bits per heavy atom. The topological polar surface area (TPSA) is 57.7 Å². The molecule has 1 heterocycles. The van der Waals surface area contributed by atoms with Crippen LogP contribution in [0.4, 0.5) is 10.1 Å². The summed E-state index contributed by atoms with van der Waals surface area (Å²) in [7, 11) is 0.